The van der Waals surface area contributed by atoms with Crippen LogP contribution in [0.4, 0.5) is 4.79 Å². The molecule has 0 spiro atoms. The van der Waals surface area contributed by atoms with Gasteiger partial charge in [-0.2, -0.15) is 0 Å². The number of nitrogens with zero attached hydrogens (tertiary/aromatic N) is 3. The highest BCUT2D eigenvalue weighted by Crippen LogP contribution is 2.49. The third kappa shape index (κ3) is 19.1. The van der Waals surface area contributed by atoms with Gasteiger partial charge in [0.25, 0.3) is 0 Å². The maximum absolute atomic E-state index is 12.4. The number of methoxy groups -OCH3 is 4. The van der Waals surface area contributed by atoms with E-state index in [-0.39, 0.29) is 98.1 Å². The van der Waals surface area contributed by atoms with Gasteiger partial charge in [-0.15, -0.1) is 0 Å². The van der Waals surface area contributed by atoms with E-state index in [4.69, 9.17) is 25.1 Å². The number of carbonyl (C=O) groups excluding carboxylic acids is 7. The summed E-state index contributed by atoms with van der Waals surface area (Å²) in [4.78, 5) is 97.3. The van der Waals surface area contributed by atoms with Gasteiger partial charge in [-0.1, -0.05) is 134 Å². The summed E-state index contributed by atoms with van der Waals surface area (Å²) in [5, 5.41) is 30.9. The van der Waals surface area contributed by atoms with E-state index in [0.29, 0.717) is 102 Å². The number of amides is 5. The molecule has 7 aliphatic carbocycles. The van der Waals surface area contributed by atoms with Crippen molar-refractivity contribution < 1.29 is 77.4 Å². The lowest BCUT2D eigenvalue weighted by Crippen LogP contribution is -2.47. The fourth-order valence-corrected chi connectivity index (χ4v) is 16.6. The Hall–Kier alpha value is -7.10. The molecule has 11 aliphatic rings. The first-order valence-corrected chi connectivity index (χ1v) is 34.9. The Bertz CT molecular complexity index is 3100. The molecule has 21 nitrogen and oxygen atoms in total. The number of hydrogen-bond acceptors (Lipinski definition) is 16. The zero-order valence-electron chi connectivity index (χ0n) is 60.5. The third-order valence-electron chi connectivity index (χ3n) is 22.4. The second-order valence-corrected chi connectivity index (χ2v) is 30.5. The number of carboxylic acid groups (broad SMARTS) is 1. The molecule has 8 bridgehead atoms. The lowest BCUT2D eigenvalue weighted by atomic mass is 9.99. The van der Waals surface area contributed by atoms with Crippen LogP contribution >= 0.6 is 0 Å². The molecule has 0 radical (unpaired) electrons. The number of piperidine rings is 4. The quantitative estimate of drug-likeness (QED) is 0.115. The molecule has 8 fully saturated rings. The molecule has 16 unspecified atom stereocenters. The molecule has 21 heteroatoms. The molecular weight excluding hydrogens is 1260 g/mol. The summed E-state index contributed by atoms with van der Waals surface area (Å²) in [5.41, 5.74) is 9.16. The Morgan fingerprint density at radius 3 is 1.32 bits per heavy atom. The second kappa shape index (κ2) is 35.0. The predicted molar refractivity (Wildman–Crippen MR) is 380 cm³/mol. The molecular formula is C78H119N5O16. The first-order chi connectivity index (χ1) is 45.5. The van der Waals surface area contributed by atoms with Gasteiger partial charge in [0.1, 0.15) is 17.1 Å². The van der Waals surface area contributed by atoms with E-state index in [9.17, 15) is 48.6 Å². The summed E-state index contributed by atoms with van der Waals surface area (Å²) >= 11 is 0. The normalized spacial score (nSPS) is 34.0. The van der Waals surface area contributed by atoms with Crippen LogP contribution in [-0.2, 0) is 60.9 Å². The molecule has 552 valence electrons. The zero-order valence-corrected chi connectivity index (χ0v) is 60.5. The van der Waals surface area contributed by atoms with Gasteiger partial charge in [0.05, 0.1) is 52.6 Å². The van der Waals surface area contributed by atoms with Crippen molar-refractivity contribution in [3.05, 3.63) is 94.6 Å². The highest BCUT2D eigenvalue weighted by molar-refractivity contribution is 5.97. The number of ether oxygens (including phenoxy) is 5. The van der Waals surface area contributed by atoms with Crippen LogP contribution in [0.5, 0.6) is 11.5 Å². The van der Waals surface area contributed by atoms with E-state index < -0.39 is 29.9 Å². The van der Waals surface area contributed by atoms with E-state index in [1.165, 1.54) is 24.7 Å². The van der Waals surface area contributed by atoms with Crippen molar-refractivity contribution in [2.24, 2.45) is 94.5 Å². The molecule has 6 N–H and O–H groups in total. The lowest BCUT2D eigenvalue weighted by Gasteiger charge is -2.32. The maximum atomic E-state index is 12.4. The Morgan fingerprint density at radius 1 is 0.525 bits per heavy atom. The van der Waals surface area contributed by atoms with Crippen molar-refractivity contribution in [3.63, 3.8) is 0 Å². The number of rotatable bonds is 9. The van der Waals surface area contributed by atoms with Crippen molar-refractivity contribution in [2.45, 2.75) is 218 Å². The monoisotopic (exact) mass is 1380 g/mol. The summed E-state index contributed by atoms with van der Waals surface area (Å²) in [6.45, 7) is 30.0. The van der Waals surface area contributed by atoms with E-state index in [2.05, 4.69) is 82.0 Å². The van der Waals surface area contributed by atoms with E-state index >= 15 is 0 Å². The first kappa shape index (κ1) is 82.6. The van der Waals surface area contributed by atoms with Crippen LogP contribution in [0.15, 0.2) is 83.5 Å². The SMILES string of the molecule is C.C.CC1CC2C(=O)N(C(=O)OC(C)(C)C)C1C2C.CC1CC2C(=O)NC1C2C.COC(=O)C1=C[C@H](C)[C@@H](C)C1.COC(=O)C1=C[C@H](C)[C@@H](O)C1.COc1ccc(CN2C(=O)C3CC(C)C2C3C)cc1.COc1ccc(CN2C(=O)C3CC(C)C2C3O)cc1.C[C@H]1CC(C(=O)O)=C[C@@H]1N. The number of imide groups is 1. The Kier molecular flexibility index (Phi) is 29.2. The van der Waals surface area contributed by atoms with Crippen LogP contribution in [-0.4, -0.2) is 154 Å². The van der Waals surface area contributed by atoms with Crippen molar-refractivity contribution in [2.75, 3.05) is 28.4 Å². The molecule has 22 atom stereocenters. The van der Waals surface area contributed by atoms with Crippen LogP contribution < -0.4 is 20.5 Å². The van der Waals surface area contributed by atoms with Crippen molar-refractivity contribution in [1.82, 2.24) is 20.0 Å². The van der Waals surface area contributed by atoms with Gasteiger partial charge < -0.3 is 59.9 Å². The number of carbonyl (C=O) groups is 8. The number of aliphatic carboxylic acids is 1. The molecule has 2 aromatic rings. The molecule has 4 heterocycles. The van der Waals surface area contributed by atoms with Gasteiger partial charge in [0, 0.05) is 84.1 Å². The minimum atomic E-state index is -0.834. The minimum Gasteiger partial charge on any atom is -0.497 e. The standard InChI is InChI=1S/C16H21NO2.C15H19NO3.C13H21NO3.C9H14O2.C8H13NO.C8H12O3.C7H11NO2.2CH4/c1-10-8-14-11(2)15(10)17(16(14)18)9-12-4-6-13(19-3)7-5-12;1-9-7-12-14(17)13(9)16(15(12)18)8-10-3-5-11(19-2)6-4-10;1-7-6-9-8(2)10(7)14(11(9)15)12(16)17-13(3,4)5;1-6-4-8(5-7(6)2)9(10)11-3;1-4-3-6-5(2)7(4)9-8(6)10;1-5-3-6(4-7(5)9)8(10)11-2;1-4-2-5(7(9)10)3-6(4)8;;/h4-7,10-11,14-15H,8-9H2,1-3H3;3-6,9,12-14,17H,7-8H2,1-2H3;7-10H,6H2,1-5H3;4,6-7H,5H2,1-3H3;4-7H,3H2,1-2H3,(H,9,10);3,5,7,9H,4H2,1-2H3;3-4,6H,2,8H2,1H3,(H,9,10);2*1H4/t;;;6-,7-;;5-,7-;4-,6-;;/m...0.00../s1. The lowest BCUT2D eigenvalue weighted by molar-refractivity contribution is -0.137. The molecule has 4 saturated heterocycles. The van der Waals surface area contributed by atoms with Gasteiger partial charge >= 0.3 is 24.0 Å². The molecule has 4 saturated carbocycles. The third-order valence-corrected chi connectivity index (χ3v) is 22.4. The Labute approximate surface area is 589 Å². The van der Waals surface area contributed by atoms with Crippen LogP contribution in [0.2, 0.25) is 0 Å². The number of carboxylic acids is 1. The number of fused-ring (bicyclic) bond motifs is 8. The highest BCUT2D eigenvalue weighted by Gasteiger charge is 2.58. The minimum absolute atomic E-state index is 0. The average molecular weight is 1380 g/mol. The Balaban J connectivity index is 0.000000211. The summed E-state index contributed by atoms with van der Waals surface area (Å²) < 4.78 is 24.7. The fraction of sp³-hybridized carbons (Fsp3) is 0.667. The van der Waals surface area contributed by atoms with Gasteiger partial charge in [-0.25, -0.2) is 24.1 Å². The van der Waals surface area contributed by atoms with Crippen molar-refractivity contribution in [3.8, 4) is 11.5 Å². The average Bonchev–Trinajstić information content (AvgIpc) is 1.61. The first-order valence-electron chi connectivity index (χ1n) is 34.9. The number of nitrogens with one attached hydrogen (secondary N) is 1. The molecule has 5 amide bonds. The molecule has 4 aliphatic heterocycles. The number of benzene rings is 2. The van der Waals surface area contributed by atoms with E-state index in [1.54, 1.807) is 26.4 Å². The van der Waals surface area contributed by atoms with Crippen LogP contribution in [0, 0.1) is 88.8 Å². The maximum Gasteiger partial charge on any atom is 0.417 e. The smallest absolute Gasteiger partial charge is 0.417 e. The van der Waals surface area contributed by atoms with Gasteiger partial charge in [-0.3, -0.25) is 19.2 Å². The van der Waals surface area contributed by atoms with Crippen LogP contribution in [0.1, 0.15) is 168 Å². The molecule has 13 rings (SSSR count). The number of esters is 2. The largest absolute Gasteiger partial charge is 0.497 e. The number of likely N-dealkylation sites (tertiary alicyclic amines) is 3. The summed E-state index contributed by atoms with van der Waals surface area (Å²) in [5.74, 6) is 6.42. The topological polar surface area (TPSA) is 291 Å². The number of nitrogens with two attached hydrogens (primary N) is 1. The van der Waals surface area contributed by atoms with Gasteiger partial charge in [0.15, 0.2) is 0 Å². The summed E-state index contributed by atoms with van der Waals surface area (Å²) in [7, 11) is 6.08. The Morgan fingerprint density at radius 2 is 0.960 bits per heavy atom. The summed E-state index contributed by atoms with van der Waals surface area (Å²) in [6, 6.07) is 16.6. The zero-order chi connectivity index (χ0) is 72.0. The summed E-state index contributed by atoms with van der Waals surface area (Å²) in [6.07, 6.45) is 9.84. The number of aliphatic hydroxyl groups is 2. The fourth-order valence-electron chi connectivity index (χ4n) is 16.6. The van der Waals surface area contributed by atoms with Crippen LogP contribution in [0.25, 0.3) is 0 Å². The number of allylic oxidation sites excluding steroid dienone is 1. The molecule has 99 heavy (non-hydrogen) atoms. The van der Waals surface area contributed by atoms with E-state index in [1.807, 2.05) is 94.1 Å². The van der Waals surface area contributed by atoms with Crippen molar-refractivity contribution in [1.29, 1.82) is 0 Å². The van der Waals surface area contributed by atoms with Gasteiger partial charge in [-0.05, 0) is 154 Å². The van der Waals surface area contributed by atoms with Crippen LogP contribution in [0.3, 0.4) is 0 Å². The predicted octanol–water partition coefficient (Wildman–Crippen LogP) is 11.2. The van der Waals surface area contributed by atoms with Gasteiger partial charge in [0.2, 0.25) is 23.6 Å². The highest BCUT2D eigenvalue weighted by atomic mass is 16.6. The van der Waals surface area contributed by atoms with Crippen molar-refractivity contribution >= 4 is 47.6 Å². The molecule has 2 aromatic carbocycles. The second-order valence-electron chi connectivity index (χ2n) is 30.5. The van der Waals surface area contributed by atoms with E-state index in [0.717, 1.165) is 61.3 Å². The number of aliphatic hydroxyl groups excluding tert-OH is 2. The number of hydrogen-bond donors (Lipinski definition) is 5. The molecule has 0 aromatic heterocycles.